The van der Waals surface area contributed by atoms with Gasteiger partial charge in [0.2, 0.25) is 0 Å². The summed E-state index contributed by atoms with van der Waals surface area (Å²) in [5, 5.41) is 17.6. The van der Waals surface area contributed by atoms with Crippen LogP contribution in [-0.2, 0) is 15.9 Å². The van der Waals surface area contributed by atoms with Crippen LogP contribution in [0, 0.1) is 0 Å². The first-order chi connectivity index (χ1) is 32.6. The van der Waals surface area contributed by atoms with Crippen molar-refractivity contribution < 1.29 is 9.47 Å². The smallest absolute Gasteiger partial charge is 0.0898 e. The van der Waals surface area contributed by atoms with E-state index < -0.39 is 0 Å². The van der Waals surface area contributed by atoms with Gasteiger partial charge in [0, 0.05) is 63.6 Å². The number of aryl methyl sites for hydroxylation is 1. The summed E-state index contributed by atoms with van der Waals surface area (Å²) in [6, 6.07) is 13.8. The van der Waals surface area contributed by atoms with Crippen LogP contribution in [0.25, 0.3) is 84.6 Å². The number of fused-ring (bicyclic) bond motifs is 15. The number of ether oxygens (including phenoxy) is 2. The molecule has 15 heteroatoms. The van der Waals surface area contributed by atoms with E-state index in [1.54, 1.807) is 13.6 Å². The highest BCUT2D eigenvalue weighted by Gasteiger charge is 2.17. The van der Waals surface area contributed by atoms with Gasteiger partial charge in [-0.15, -0.1) is 136 Å². The normalized spacial score (nSPS) is 14.0. The molecular formula is C51H53BrO2S12. The maximum Gasteiger partial charge on any atom is 0.0898 e. The monoisotopic (exact) mass is 1160 g/mol. The number of rotatable bonds is 12. The van der Waals surface area contributed by atoms with E-state index in [2.05, 4.69) is 80.8 Å². The van der Waals surface area contributed by atoms with Crippen LogP contribution in [0.4, 0.5) is 0 Å². The number of unbranched alkanes of at least 4 members (excludes halogenated alkanes) is 10. The molecule has 12 aromatic rings. The van der Waals surface area contributed by atoms with Crippen LogP contribution in [0.15, 0.2) is 61.7 Å². The summed E-state index contributed by atoms with van der Waals surface area (Å²) in [5.74, 6) is 0. The molecule has 0 saturated carbocycles. The number of hydrogen-bond donors (Lipinski definition) is 0. The standard InChI is InChI=1S/C23H30S4.C10H3BrS4.C10H4S4.2C4H8O/c1-2-3-4-5-6-7-8-9-10-11-12-13-17-16-19-21-20(27-23(19)25-17)18-14-15-24-22(18)26-21;11-6-3-5-8-7(15-10(5)13-6)4-1-2-12-9(4)14-8;1-3-11-9-5(1)7-8(14-9)6-2-4-12-10(6)13-7;2*1-2-4-5-3-1/h14-16H,2-13H2,1H3;1-3H;1-4H;2*1-4H2. The largest absolute Gasteiger partial charge is 0.381 e. The molecule has 2 aliphatic heterocycles. The summed E-state index contributed by atoms with van der Waals surface area (Å²) in [4.78, 5) is 1.60. The van der Waals surface area contributed by atoms with E-state index in [1.807, 2.05) is 136 Å². The first-order valence-corrected chi connectivity index (χ1v) is 34.2. The van der Waals surface area contributed by atoms with Gasteiger partial charge < -0.3 is 9.47 Å². The van der Waals surface area contributed by atoms with Crippen LogP contribution in [0.1, 0.15) is 108 Å². The molecule has 0 aliphatic carbocycles. The Labute approximate surface area is 443 Å². The number of halogens is 1. The van der Waals surface area contributed by atoms with Gasteiger partial charge in [0.25, 0.3) is 0 Å². The van der Waals surface area contributed by atoms with E-state index in [0.717, 1.165) is 26.4 Å². The van der Waals surface area contributed by atoms with Crippen molar-refractivity contribution in [3.05, 3.63) is 66.6 Å². The van der Waals surface area contributed by atoms with Crippen LogP contribution < -0.4 is 0 Å². The second-order valence-corrected chi connectivity index (χ2v) is 31.6. The van der Waals surface area contributed by atoms with E-state index in [-0.39, 0.29) is 0 Å². The van der Waals surface area contributed by atoms with Crippen molar-refractivity contribution in [3.8, 4) is 0 Å². The Morgan fingerprint density at radius 3 is 1.14 bits per heavy atom. The van der Waals surface area contributed by atoms with Gasteiger partial charge in [-0.3, -0.25) is 0 Å². The molecule has 0 spiro atoms. The third-order valence-electron chi connectivity index (χ3n) is 11.9. The van der Waals surface area contributed by atoms with Gasteiger partial charge in [-0.25, -0.2) is 0 Å². The summed E-state index contributed by atoms with van der Waals surface area (Å²) in [7, 11) is 0. The van der Waals surface area contributed by atoms with Crippen LogP contribution >= 0.6 is 152 Å². The molecule has 0 bridgehead atoms. The summed E-state index contributed by atoms with van der Waals surface area (Å²) in [6.07, 6.45) is 22.1. The molecule has 12 aromatic heterocycles. The minimum Gasteiger partial charge on any atom is -0.381 e. The van der Waals surface area contributed by atoms with Crippen LogP contribution in [0.5, 0.6) is 0 Å². The van der Waals surface area contributed by atoms with Crippen molar-refractivity contribution in [1.29, 1.82) is 0 Å². The third kappa shape index (κ3) is 11.4. The molecule has 0 N–H and O–H groups in total. The van der Waals surface area contributed by atoms with Gasteiger partial charge in [0.1, 0.15) is 0 Å². The number of thiophene rings is 12. The third-order valence-corrected chi connectivity index (χ3v) is 26.9. The predicted octanol–water partition coefficient (Wildman–Crippen LogP) is 23.4. The van der Waals surface area contributed by atoms with Gasteiger partial charge >= 0.3 is 0 Å². The molecule has 0 unspecified atom stereocenters. The molecule has 0 radical (unpaired) electrons. The molecule has 14 rings (SSSR count). The molecule has 2 saturated heterocycles. The molecule has 0 amide bonds. The zero-order valence-corrected chi connectivity index (χ0v) is 48.4. The highest BCUT2D eigenvalue weighted by Crippen LogP contribution is 2.51. The molecule has 2 aliphatic rings. The van der Waals surface area contributed by atoms with E-state index in [9.17, 15) is 0 Å². The Morgan fingerprint density at radius 1 is 0.394 bits per heavy atom. The number of hydrogen-bond acceptors (Lipinski definition) is 14. The lowest BCUT2D eigenvalue weighted by Crippen LogP contribution is -1.84. The second-order valence-electron chi connectivity index (χ2n) is 16.7. The first kappa shape index (κ1) is 48.8. The average Bonchev–Trinajstić information content (AvgIpc) is 4.14. The van der Waals surface area contributed by atoms with Crippen molar-refractivity contribution >= 4 is 237 Å². The predicted molar refractivity (Wildman–Crippen MR) is 319 cm³/mol. The van der Waals surface area contributed by atoms with Gasteiger partial charge in [-0.05, 0) is 112 Å². The molecule has 2 nitrogen and oxygen atoms in total. The quantitative estimate of drug-likeness (QED) is 0.114. The Kier molecular flexibility index (Phi) is 17.8. The zero-order valence-electron chi connectivity index (χ0n) is 37.0. The maximum atomic E-state index is 4.94. The van der Waals surface area contributed by atoms with Gasteiger partial charge in [-0.2, -0.15) is 0 Å². The van der Waals surface area contributed by atoms with Crippen molar-refractivity contribution in [2.24, 2.45) is 0 Å². The summed E-state index contributed by atoms with van der Waals surface area (Å²) >= 11 is 26.7. The molecule has 66 heavy (non-hydrogen) atoms. The average molecular weight is 1160 g/mol. The minimum atomic E-state index is 1.00. The van der Waals surface area contributed by atoms with Crippen LogP contribution in [0.3, 0.4) is 0 Å². The van der Waals surface area contributed by atoms with Crippen LogP contribution in [-0.4, -0.2) is 26.4 Å². The van der Waals surface area contributed by atoms with E-state index in [0.29, 0.717) is 0 Å². The van der Waals surface area contributed by atoms with E-state index >= 15 is 0 Å². The Morgan fingerprint density at radius 2 is 0.742 bits per heavy atom. The van der Waals surface area contributed by atoms with Gasteiger partial charge in [0.15, 0.2) is 0 Å². The molecule has 0 atom stereocenters. The fourth-order valence-corrected chi connectivity index (χ4v) is 24.5. The summed E-state index contributed by atoms with van der Waals surface area (Å²) < 4.78 is 29.0. The Hall–Kier alpha value is -0.860. The highest BCUT2D eigenvalue weighted by atomic mass is 79.9. The van der Waals surface area contributed by atoms with Crippen molar-refractivity contribution in [3.63, 3.8) is 0 Å². The summed E-state index contributed by atoms with van der Waals surface area (Å²) in [5.41, 5.74) is 0. The fraction of sp³-hybridized carbons (Fsp3) is 0.412. The Balaban J connectivity index is 0.000000110. The zero-order chi connectivity index (χ0) is 44.7. The molecule has 348 valence electrons. The van der Waals surface area contributed by atoms with Crippen molar-refractivity contribution in [2.75, 3.05) is 26.4 Å². The molecule has 2 fully saturated rings. The first-order valence-electron chi connectivity index (χ1n) is 23.3. The lowest BCUT2D eigenvalue weighted by molar-refractivity contribution is 0.198. The maximum absolute atomic E-state index is 4.94. The van der Waals surface area contributed by atoms with E-state index in [4.69, 9.17) is 9.47 Å². The van der Waals surface area contributed by atoms with E-state index in [1.165, 1.54) is 182 Å². The minimum absolute atomic E-state index is 1.00. The van der Waals surface area contributed by atoms with Crippen molar-refractivity contribution in [2.45, 2.75) is 110 Å². The SMILES string of the molecule is Brc1cc2c(s1)sc1c3ccsc3sc21.C1CCOC1.C1CCOC1.CCCCCCCCCCCCCc1cc2c(s1)sc1c3ccsc3sc21.c1cc2c(s1)sc1c3ccsc3sc21. The molecular weight excluding hydrogens is 1110 g/mol. The Bertz CT molecular complexity index is 3260. The molecule has 14 heterocycles. The summed E-state index contributed by atoms with van der Waals surface area (Å²) in [6.45, 7) is 6.30. The van der Waals surface area contributed by atoms with Gasteiger partial charge in [0.05, 0.1) is 56.1 Å². The van der Waals surface area contributed by atoms with Gasteiger partial charge in [-0.1, -0.05) is 71.1 Å². The second kappa shape index (κ2) is 24.0. The molecule has 0 aromatic carbocycles. The van der Waals surface area contributed by atoms with Crippen molar-refractivity contribution in [1.82, 2.24) is 0 Å². The topological polar surface area (TPSA) is 18.5 Å². The van der Waals surface area contributed by atoms with Crippen LogP contribution in [0.2, 0.25) is 0 Å². The highest BCUT2D eigenvalue weighted by molar-refractivity contribution is 9.11. The lowest BCUT2D eigenvalue weighted by atomic mass is 10.1. The fourth-order valence-electron chi connectivity index (χ4n) is 8.41. The lowest BCUT2D eigenvalue weighted by Gasteiger charge is -2.02.